The van der Waals surface area contributed by atoms with E-state index in [4.69, 9.17) is 4.74 Å². The van der Waals surface area contributed by atoms with Gasteiger partial charge in [-0.3, -0.25) is 9.59 Å². The first-order chi connectivity index (χ1) is 13.1. The first-order valence-electron chi connectivity index (χ1n) is 9.82. The van der Waals surface area contributed by atoms with Gasteiger partial charge in [0.2, 0.25) is 5.91 Å². The Morgan fingerprint density at radius 3 is 2.56 bits per heavy atom. The summed E-state index contributed by atoms with van der Waals surface area (Å²) in [6.45, 7) is 5.89. The van der Waals surface area contributed by atoms with Gasteiger partial charge in [-0.1, -0.05) is 6.92 Å². The molecule has 1 atom stereocenters. The Labute approximate surface area is 160 Å². The Morgan fingerprint density at radius 2 is 1.89 bits per heavy atom. The minimum Gasteiger partial charge on any atom is -0.494 e. The molecule has 0 saturated carbocycles. The highest BCUT2D eigenvalue weighted by atomic mass is 16.5. The number of hydrogen-bond donors (Lipinski definition) is 2. The molecular weight excluding hydrogens is 346 g/mol. The monoisotopic (exact) mass is 375 g/mol. The molecule has 7 heteroatoms. The summed E-state index contributed by atoms with van der Waals surface area (Å²) in [6.07, 6.45) is 2.52. The maximum atomic E-state index is 12.7. The molecule has 0 radical (unpaired) electrons. The van der Waals surface area contributed by atoms with Crippen LogP contribution < -0.4 is 15.0 Å². The zero-order chi connectivity index (χ0) is 19.2. The third-order valence-electron chi connectivity index (χ3n) is 5.09. The molecule has 2 aliphatic rings. The number of aliphatic hydroxyl groups is 1. The van der Waals surface area contributed by atoms with Gasteiger partial charge in [-0.25, -0.2) is 4.90 Å². The van der Waals surface area contributed by atoms with Crippen LogP contribution in [-0.4, -0.2) is 66.8 Å². The third kappa shape index (κ3) is 5.06. The van der Waals surface area contributed by atoms with Crippen molar-refractivity contribution in [3.8, 4) is 5.75 Å². The smallest absolute Gasteiger partial charge is 0.251 e. The molecule has 2 aliphatic heterocycles. The fourth-order valence-corrected chi connectivity index (χ4v) is 3.51. The largest absolute Gasteiger partial charge is 0.494 e. The zero-order valence-electron chi connectivity index (χ0n) is 15.9. The number of amides is 2. The Balaban J connectivity index is 1.50. The number of anilines is 1. The molecule has 2 saturated heterocycles. The van der Waals surface area contributed by atoms with Gasteiger partial charge in [-0.05, 0) is 43.5 Å². The van der Waals surface area contributed by atoms with Crippen LogP contribution in [0.25, 0.3) is 0 Å². The van der Waals surface area contributed by atoms with E-state index in [1.807, 2.05) is 6.92 Å². The summed E-state index contributed by atoms with van der Waals surface area (Å²) in [5, 5.41) is 12.8. The van der Waals surface area contributed by atoms with E-state index in [1.165, 1.54) is 4.90 Å². The predicted molar refractivity (Wildman–Crippen MR) is 103 cm³/mol. The van der Waals surface area contributed by atoms with Gasteiger partial charge in [0.05, 0.1) is 30.9 Å². The molecule has 2 fully saturated rings. The van der Waals surface area contributed by atoms with Crippen LogP contribution in [0.3, 0.4) is 0 Å². The van der Waals surface area contributed by atoms with Crippen LogP contribution in [-0.2, 0) is 9.59 Å². The lowest BCUT2D eigenvalue weighted by Gasteiger charge is -2.29. The fourth-order valence-electron chi connectivity index (χ4n) is 3.51. The second-order valence-electron chi connectivity index (χ2n) is 7.19. The number of likely N-dealkylation sites (tertiary alicyclic amines) is 1. The molecule has 0 aliphatic carbocycles. The Hall–Kier alpha value is -1.96. The van der Waals surface area contributed by atoms with Crippen LogP contribution in [0.15, 0.2) is 24.3 Å². The summed E-state index contributed by atoms with van der Waals surface area (Å²) in [4.78, 5) is 28.5. The second-order valence-corrected chi connectivity index (χ2v) is 7.19. The molecule has 1 aromatic rings. The van der Waals surface area contributed by atoms with Crippen LogP contribution in [0.5, 0.6) is 5.75 Å². The van der Waals surface area contributed by atoms with Crippen molar-refractivity contribution >= 4 is 17.5 Å². The highest BCUT2D eigenvalue weighted by Gasteiger charge is 2.39. The van der Waals surface area contributed by atoms with Crippen molar-refractivity contribution in [3.63, 3.8) is 0 Å². The van der Waals surface area contributed by atoms with Gasteiger partial charge >= 0.3 is 0 Å². The van der Waals surface area contributed by atoms with Crippen LogP contribution in [0, 0.1) is 0 Å². The van der Waals surface area contributed by atoms with Crippen molar-refractivity contribution in [3.05, 3.63) is 24.3 Å². The minimum absolute atomic E-state index is 0.180. The number of nitrogens with one attached hydrogen (secondary N) is 1. The van der Waals surface area contributed by atoms with E-state index in [2.05, 4.69) is 10.2 Å². The van der Waals surface area contributed by atoms with E-state index in [-0.39, 0.29) is 24.3 Å². The molecular formula is C20H29N3O4. The van der Waals surface area contributed by atoms with Gasteiger partial charge in [0.15, 0.2) is 0 Å². The molecule has 0 bridgehead atoms. The zero-order valence-corrected chi connectivity index (χ0v) is 15.9. The lowest BCUT2D eigenvalue weighted by molar-refractivity contribution is -0.121. The standard InChI is InChI=1S/C20H29N3O4/c1-2-13-27-17-5-3-15(4-6-17)23-19(25)14-18(20(23)26)21-9-12-22-10-7-16(24)8-11-22/h3-6,16,18,21,24H,2,7-14H2,1H3/t18-/m1/s1. The average Bonchev–Trinajstić information content (AvgIpc) is 2.96. The Kier molecular flexibility index (Phi) is 6.82. The highest BCUT2D eigenvalue weighted by molar-refractivity contribution is 6.22. The molecule has 148 valence electrons. The predicted octanol–water partition coefficient (Wildman–Crippen LogP) is 1.15. The molecule has 2 heterocycles. The number of benzene rings is 1. The molecule has 7 nitrogen and oxygen atoms in total. The van der Waals surface area contributed by atoms with Crippen molar-refractivity contribution in [2.24, 2.45) is 0 Å². The van der Waals surface area contributed by atoms with E-state index in [0.717, 1.165) is 44.6 Å². The number of rotatable bonds is 8. The van der Waals surface area contributed by atoms with Crippen LogP contribution >= 0.6 is 0 Å². The van der Waals surface area contributed by atoms with Gasteiger partial charge in [0.25, 0.3) is 5.91 Å². The molecule has 0 aromatic heterocycles. The minimum atomic E-state index is -0.469. The normalized spacial score (nSPS) is 21.9. The van der Waals surface area contributed by atoms with Crippen molar-refractivity contribution in [1.29, 1.82) is 0 Å². The van der Waals surface area contributed by atoms with Crippen molar-refractivity contribution in [2.75, 3.05) is 37.7 Å². The van der Waals surface area contributed by atoms with Gasteiger partial charge < -0.3 is 20.1 Å². The number of hydrogen-bond acceptors (Lipinski definition) is 6. The number of ether oxygens (including phenoxy) is 1. The fraction of sp³-hybridized carbons (Fsp3) is 0.600. The number of piperidine rings is 1. The van der Waals surface area contributed by atoms with E-state index in [1.54, 1.807) is 24.3 Å². The van der Waals surface area contributed by atoms with E-state index >= 15 is 0 Å². The SMILES string of the molecule is CCCOc1ccc(N2C(=O)C[C@@H](NCCN3CCC(O)CC3)C2=O)cc1. The molecule has 27 heavy (non-hydrogen) atoms. The number of carbonyl (C=O) groups excluding carboxylic acids is 2. The molecule has 2 amide bonds. The third-order valence-corrected chi connectivity index (χ3v) is 5.09. The molecule has 1 aromatic carbocycles. The maximum Gasteiger partial charge on any atom is 0.251 e. The van der Waals surface area contributed by atoms with Gasteiger partial charge in [-0.2, -0.15) is 0 Å². The number of imide groups is 1. The Bertz CT molecular complexity index is 641. The molecule has 0 unspecified atom stereocenters. The van der Waals surface area contributed by atoms with Crippen molar-refractivity contribution in [2.45, 2.75) is 44.8 Å². The van der Waals surface area contributed by atoms with Crippen LogP contribution in [0.1, 0.15) is 32.6 Å². The van der Waals surface area contributed by atoms with Gasteiger partial charge in [0.1, 0.15) is 5.75 Å². The number of carbonyl (C=O) groups is 2. The van der Waals surface area contributed by atoms with Crippen LogP contribution in [0.2, 0.25) is 0 Å². The first-order valence-corrected chi connectivity index (χ1v) is 9.82. The summed E-state index contributed by atoms with van der Waals surface area (Å²) in [5.41, 5.74) is 0.586. The summed E-state index contributed by atoms with van der Waals surface area (Å²) >= 11 is 0. The topological polar surface area (TPSA) is 82.1 Å². The second kappa shape index (κ2) is 9.30. The molecule has 3 rings (SSSR count). The Morgan fingerprint density at radius 1 is 1.19 bits per heavy atom. The summed E-state index contributed by atoms with van der Waals surface area (Å²) < 4.78 is 5.54. The van der Waals surface area contributed by atoms with Crippen LogP contribution in [0.4, 0.5) is 5.69 Å². The van der Waals surface area contributed by atoms with E-state index in [0.29, 0.717) is 18.8 Å². The average molecular weight is 375 g/mol. The highest BCUT2D eigenvalue weighted by Crippen LogP contribution is 2.25. The lowest BCUT2D eigenvalue weighted by atomic mass is 10.1. The van der Waals surface area contributed by atoms with Gasteiger partial charge in [0, 0.05) is 26.2 Å². The van der Waals surface area contributed by atoms with E-state index in [9.17, 15) is 14.7 Å². The van der Waals surface area contributed by atoms with Gasteiger partial charge in [-0.15, -0.1) is 0 Å². The summed E-state index contributed by atoms with van der Waals surface area (Å²) in [5.74, 6) is 0.359. The number of nitrogens with zero attached hydrogens (tertiary/aromatic N) is 2. The maximum absolute atomic E-state index is 12.7. The summed E-state index contributed by atoms with van der Waals surface area (Å²) in [6, 6.07) is 6.61. The van der Waals surface area contributed by atoms with E-state index < -0.39 is 6.04 Å². The lowest BCUT2D eigenvalue weighted by Crippen LogP contribution is -2.44. The number of aliphatic hydroxyl groups excluding tert-OH is 1. The van der Waals surface area contributed by atoms with Crippen molar-refractivity contribution in [1.82, 2.24) is 10.2 Å². The summed E-state index contributed by atoms with van der Waals surface area (Å²) in [7, 11) is 0. The first kappa shape index (κ1) is 19.8. The molecule has 0 spiro atoms. The molecule has 2 N–H and O–H groups in total. The van der Waals surface area contributed by atoms with Crippen molar-refractivity contribution < 1.29 is 19.4 Å². The quantitative estimate of drug-likeness (QED) is 0.664.